The number of aromatic nitrogens is 13. The molecule has 9 heterocycles. The van der Waals surface area contributed by atoms with Crippen LogP contribution in [0.4, 0.5) is 24.5 Å². The first-order valence-corrected chi connectivity index (χ1v) is 39.4. The van der Waals surface area contributed by atoms with Crippen molar-refractivity contribution >= 4 is 141 Å². The van der Waals surface area contributed by atoms with Gasteiger partial charge in [-0.05, 0) is 159 Å². The predicted molar refractivity (Wildman–Crippen MR) is 468 cm³/mol. The minimum absolute atomic E-state index is 0.0168. The zero-order valence-corrected chi connectivity index (χ0v) is 67.3. The first-order valence-electron chi connectivity index (χ1n) is 36.2. The number of nitrogens with one attached hydrogen (secondary N) is 7. The molecule has 0 aliphatic heterocycles. The maximum atomic E-state index is 13.3. The lowest BCUT2D eigenvalue weighted by atomic mass is 10.0. The lowest BCUT2D eigenvalue weighted by Crippen LogP contribution is -2.04. The number of imidazole rings is 4. The number of nitro benzene ring substituents is 2. The Morgan fingerprint density at radius 1 is 0.376 bits per heavy atom. The number of phenols is 1. The van der Waals surface area contributed by atoms with E-state index in [4.69, 9.17) is 19.9 Å². The summed E-state index contributed by atoms with van der Waals surface area (Å²) in [4.78, 5) is 73.4. The third kappa shape index (κ3) is 15.5. The van der Waals surface area contributed by atoms with E-state index in [9.17, 15) is 38.5 Å². The molecule has 0 amide bonds. The maximum absolute atomic E-state index is 13.3. The average molecular weight is 1810 g/mol. The molecule has 9 aromatic heterocycles. The van der Waals surface area contributed by atoms with Gasteiger partial charge in [-0.3, -0.25) is 30.2 Å². The summed E-state index contributed by atoms with van der Waals surface area (Å²) in [5.74, 6) is 3.04. The number of non-ortho nitro benzene ring substituents is 2. The lowest BCUT2D eigenvalue weighted by Gasteiger charge is -2.08. The second kappa shape index (κ2) is 31.9. The fraction of sp³-hybridized carbons (Fsp3) is 0.0222. The van der Waals surface area contributed by atoms with Gasteiger partial charge in [0, 0.05) is 172 Å². The summed E-state index contributed by atoms with van der Waals surface area (Å²) in [5.41, 5.74) is 19.7. The molecule has 20 rings (SSSR count). The molecule has 0 saturated carbocycles. The second-order valence-electron chi connectivity index (χ2n) is 27.1. The monoisotopic (exact) mass is 1800 g/mol. The number of aromatic amines is 7. The lowest BCUT2D eigenvalue weighted by molar-refractivity contribution is -0.385. The first-order chi connectivity index (χ1) is 56.7. The van der Waals surface area contributed by atoms with Gasteiger partial charge in [0.2, 0.25) is 0 Å². The van der Waals surface area contributed by atoms with Gasteiger partial charge in [-0.15, -0.1) is 0 Å². The van der Waals surface area contributed by atoms with E-state index < -0.39 is 21.6 Å². The number of para-hydroxylation sites is 1. The molecule has 11 aromatic carbocycles. The highest BCUT2D eigenvalue weighted by molar-refractivity contribution is 9.11. The number of nitrogens with zero attached hydrogens (tertiary/aromatic N) is 8. The van der Waals surface area contributed by atoms with Crippen LogP contribution in [0.2, 0.25) is 0 Å². The van der Waals surface area contributed by atoms with E-state index in [0.717, 1.165) is 158 Å². The number of hydrogen-bond acceptors (Lipinski definition) is 11. The van der Waals surface area contributed by atoms with E-state index in [-0.39, 0.29) is 17.1 Å². The van der Waals surface area contributed by atoms with Crippen molar-refractivity contribution in [2.24, 2.45) is 0 Å². The van der Waals surface area contributed by atoms with Crippen molar-refractivity contribution in [3.05, 3.63) is 335 Å². The van der Waals surface area contributed by atoms with Gasteiger partial charge in [0.15, 0.2) is 0 Å². The van der Waals surface area contributed by atoms with Crippen molar-refractivity contribution in [1.82, 2.24) is 64.8 Å². The van der Waals surface area contributed by atoms with Crippen molar-refractivity contribution in [2.75, 3.05) is 0 Å². The first kappa shape index (κ1) is 75.9. The highest BCUT2D eigenvalue weighted by Crippen LogP contribution is 2.43. The SMILES string of the molecule is Cc1[nH]c2ccccc2c1-c1nc2c3cccnc3c3ncccc3c2[nH]1.FC(F)(F)c1cccc(-c2nc(-c3c[nH]c4ccc(Br)cc34)[nH]c2-c2ccccc2)c1.O=[N+]([O-])c1ccc(-c2nc(-c3c[nH]c4ccc(Br)cc34)[nH]c2-c2ccc([N+](=O)[O-])cc2)cc1.Oc1ccc(-c2nc(-c3ccc(Br)cc3)c(-c3ccc(Br)cc3)[nH]2)cc1. The fourth-order valence-corrected chi connectivity index (χ4v) is 15.4. The van der Waals surface area contributed by atoms with Crippen molar-refractivity contribution in [2.45, 2.75) is 13.1 Å². The van der Waals surface area contributed by atoms with Crippen molar-refractivity contribution in [3.63, 3.8) is 0 Å². The number of nitro groups is 2. The van der Waals surface area contributed by atoms with Crippen LogP contribution in [0.3, 0.4) is 0 Å². The van der Waals surface area contributed by atoms with Crippen LogP contribution >= 0.6 is 63.7 Å². The molecule has 0 spiro atoms. The van der Waals surface area contributed by atoms with Gasteiger partial charge in [0.1, 0.15) is 29.0 Å². The van der Waals surface area contributed by atoms with Crippen molar-refractivity contribution in [3.8, 4) is 119 Å². The Kier molecular flexibility index (Phi) is 20.7. The molecule has 0 bridgehead atoms. The molecule has 0 unspecified atom stereocenters. The largest absolute Gasteiger partial charge is 0.508 e. The van der Waals surface area contributed by atoms with Gasteiger partial charge in [0.05, 0.1) is 71.6 Å². The predicted octanol–water partition coefficient (Wildman–Crippen LogP) is 25.9. The number of benzene rings is 11. The molecule has 572 valence electrons. The molecule has 0 aliphatic rings. The topological polar surface area (TPSA) is 294 Å². The Bertz CT molecular complexity index is 6930. The summed E-state index contributed by atoms with van der Waals surface area (Å²) in [5, 5.41) is 36.8. The molecule has 8 N–H and O–H groups in total. The number of rotatable bonds is 12. The van der Waals surface area contributed by atoms with E-state index in [1.807, 2.05) is 152 Å². The van der Waals surface area contributed by atoms with Crippen LogP contribution < -0.4 is 0 Å². The Hall–Kier alpha value is -13.7. The molecule has 0 atom stereocenters. The summed E-state index contributed by atoms with van der Waals surface area (Å²) in [6.07, 6.45) is 2.89. The Balaban J connectivity index is 0.000000112. The molecule has 117 heavy (non-hydrogen) atoms. The number of hydrogen-bond donors (Lipinski definition) is 8. The molecular formula is C90H58Br4F3N15O5. The number of alkyl halides is 3. The highest BCUT2D eigenvalue weighted by atomic mass is 79.9. The number of aromatic hydroxyl groups is 1. The molecule has 27 heteroatoms. The van der Waals surface area contributed by atoms with Crippen LogP contribution in [-0.4, -0.2) is 79.7 Å². The normalized spacial score (nSPS) is 11.4. The third-order valence-corrected chi connectivity index (χ3v) is 21.8. The Morgan fingerprint density at radius 2 is 0.821 bits per heavy atom. The summed E-state index contributed by atoms with van der Waals surface area (Å²) >= 11 is 14.0. The molecule has 20 nitrogen and oxygen atoms in total. The zero-order valence-electron chi connectivity index (χ0n) is 60.9. The van der Waals surface area contributed by atoms with E-state index in [1.165, 1.54) is 35.7 Å². The molecule has 0 saturated heterocycles. The average Bonchev–Trinajstić information content (AvgIpc) is 1.62. The van der Waals surface area contributed by atoms with Crippen LogP contribution in [0, 0.1) is 27.2 Å². The second-order valence-corrected chi connectivity index (χ2v) is 30.8. The van der Waals surface area contributed by atoms with Crippen molar-refractivity contribution < 1.29 is 28.1 Å². The number of aryl methyl sites for hydroxylation is 1. The van der Waals surface area contributed by atoms with E-state index in [0.29, 0.717) is 51.1 Å². The summed E-state index contributed by atoms with van der Waals surface area (Å²) in [7, 11) is 0. The third-order valence-electron chi connectivity index (χ3n) is 19.7. The fourth-order valence-electron chi connectivity index (χ4n) is 14.2. The summed E-state index contributed by atoms with van der Waals surface area (Å²) in [6.45, 7) is 2.09. The molecule has 0 aliphatic carbocycles. The van der Waals surface area contributed by atoms with Gasteiger partial charge < -0.3 is 40.0 Å². The molecule has 0 radical (unpaired) electrons. The van der Waals surface area contributed by atoms with Gasteiger partial charge in [0.25, 0.3) is 11.4 Å². The van der Waals surface area contributed by atoms with E-state index in [2.05, 4.69) is 158 Å². The number of pyridine rings is 2. The highest BCUT2D eigenvalue weighted by Gasteiger charge is 2.32. The van der Waals surface area contributed by atoms with Crippen LogP contribution in [0.25, 0.3) is 179 Å². The van der Waals surface area contributed by atoms with Crippen molar-refractivity contribution in [1.29, 1.82) is 0 Å². The molecular weight excluding hydrogens is 1750 g/mol. The van der Waals surface area contributed by atoms with Gasteiger partial charge in [-0.2, -0.15) is 13.2 Å². The van der Waals surface area contributed by atoms with Crippen LogP contribution in [0.15, 0.2) is 304 Å². The van der Waals surface area contributed by atoms with Gasteiger partial charge in [-0.25, -0.2) is 19.9 Å². The molecule has 20 aromatic rings. The smallest absolute Gasteiger partial charge is 0.416 e. The number of fused-ring (bicyclic) bond motifs is 9. The summed E-state index contributed by atoms with van der Waals surface area (Å²) in [6, 6.07) is 78.4. The Labute approximate surface area is 695 Å². The van der Waals surface area contributed by atoms with Gasteiger partial charge in [-0.1, -0.05) is 149 Å². The number of H-pyrrole nitrogens is 7. The Morgan fingerprint density at radius 3 is 1.38 bits per heavy atom. The number of halogens is 7. The van der Waals surface area contributed by atoms with Crippen LogP contribution in [0.1, 0.15) is 11.3 Å². The number of phenolic OH excluding ortho intramolecular Hbond substituents is 1. The summed E-state index contributed by atoms with van der Waals surface area (Å²) < 4.78 is 43.8. The molecule has 0 fully saturated rings. The zero-order chi connectivity index (χ0) is 80.8. The van der Waals surface area contributed by atoms with Gasteiger partial charge >= 0.3 is 6.18 Å². The minimum atomic E-state index is -4.43. The van der Waals surface area contributed by atoms with Crippen LogP contribution in [0.5, 0.6) is 5.75 Å². The standard InChI is InChI=1S/C24H15BrF3N3.C23H14BrN5O4.C22H15N5.C21H14Br2N2O/c25-17-9-10-20-18(12-17)19(13-29-20)23-30-21(14-5-2-1-3-6-14)22(31-23)15-7-4-8-16(11-15)24(26,27)28;24-15-5-10-20-18(11-15)19(12-25-20)23-26-21(13-1-6-16(7-2-13)28(30)31)22(27-23)14-3-8-17(9-4-14)29(32)33;1-12-17(13-6-2-3-9-16(13)25-12)22-26-20-14-7-4-10-23-18(14)19-15(21(20)27-22)8-5-11-24-19;22-16-7-1-13(2-8-16)19-20(14-3-9-17(23)10-4-14)25-21(24-19)15-5-11-18(26)12-6-15/h1-13,29H,(H,30,31);1-12,25H,(H,26,27);2-11,25H,1H3,(H,26,27);1-12,26H,(H,24,25). The maximum Gasteiger partial charge on any atom is 0.416 e. The van der Waals surface area contributed by atoms with Crippen LogP contribution in [-0.2, 0) is 6.18 Å². The minimum Gasteiger partial charge on any atom is -0.508 e. The quantitative estimate of drug-likeness (QED) is 0.0323. The van der Waals surface area contributed by atoms with E-state index in [1.54, 1.807) is 48.7 Å². The van der Waals surface area contributed by atoms with E-state index >= 15 is 0 Å².